The summed E-state index contributed by atoms with van der Waals surface area (Å²) in [5.74, 6) is 0.212. The Balaban J connectivity index is 1.90. The van der Waals surface area contributed by atoms with Gasteiger partial charge in [-0.15, -0.1) is 0 Å². The van der Waals surface area contributed by atoms with E-state index >= 15 is 0 Å². The summed E-state index contributed by atoms with van der Waals surface area (Å²) in [7, 11) is 1.69. The molecule has 0 spiro atoms. The molecule has 4 aromatic rings. The molecule has 162 valence electrons. The molecular formula is C25H21Cl2N3O2. The molecule has 0 saturated carbocycles. The first-order valence-electron chi connectivity index (χ1n) is 10.2. The lowest BCUT2D eigenvalue weighted by atomic mass is 10.1. The van der Waals surface area contributed by atoms with Crippen molar-refractivity contribution in [2.24, 2.45) is 0 Å². The van der Waals surface area contributed by atoms with E-state index in [0.29, 0.717) is 39.4 Å². The second-order valence-electron chi connectivity index (χ2n) is 7.43. The van der Waals surface area contributed by atoms with Crippen LogP contribution in [0.5, 0.6) is 0 Å². The van der Waals surface area contributed by atoms with Gasteiger partial charge in [0.25, 0.3) is 11.5 Å². The van der Waals surface area contributed by atoms with Gasteiger partial charge >= 0.3 is 0 Å². The summed E-state index contributed by atoms with van der Waals surface area (Å²) in [6.45, 7) is 1.95. The summed E-state index contributed by atoms with van der Waals surface area (Å²) >= 11 is 12.3. The predicted molar refractivity (Wildman–Crippen MR) is 129 cm³/mol. The number of benzene rings is 3. The minimum absolute atomic E-state index is 0.180. The number of hydrogen-bond donors (Lipinski definition) is 0. The van der Waals surface area contributed by atoms with Crippen molar-refractivity contribution in [2.45, 2.75) is 19.4 Å². The largest absolute Gasteiger partial charge is 0.331 e. The fraction of sp³-hybridized carbons (Fsp3) is 0.160. The van der Waals surface area contributed by atoms with E-state index in [1.165, 1.54) is 0 Å². The van der Waals surface area contributed by atoms with Crippen molar-refractivity contribution < 1.29 is 4.79 Å². The molecule has 1 heterocycles. The number of halogens is 2. The Morgan fingerprint density at radius 2 is 1.72 bits per heavy atom. The van der Waals surface area contributed by atoms with Crippen LogP contribution in [0.2, 0.25) is 10.0 Å². The van der Waals surface area contributed by atoms with Crippen molar-refractivity contribution in [1.82, 2.24) is 14.5 Å². The highest BCUT2D eigenvalue weighted by Gasteiger charge is 2.28. The highest BCUT2D eigenvalue weighted by atomic mass is 35.5. The van der Waals surface area contributed by atoms with Crippen molar-refractivity contribution in [3.63, 3.8) is 0 Å². The Hall–Kier alpha value is -3.15. The zero-order chi connectivity index (χ0) is 22.8. The van der Waals surface area contributed by atoms with Crippen LogP contribution in [0.25, 0.3) is 16.6 Å². The summed E-state index contributed by atoms with van der Waals surface area (Å²) in [4.78, 5) is 33.2. The third-order valence-corrected chi connectivity index (χ3v) is 6.00. The molecule has 7 heteroatoms. The van der Waals surface area contributed by atoms with Crippen molar-refractivity contribution in [3.05, 3.63) is 105 Å². The third-order valence-electron chi connectivity index (χ3n) is 5.45. The Morgan fingerprint density at radius 1 is 1.03 bits per heavy atom. The van der Waals surface area contributed by atoms with Gasteiger partial charge in [-0.1, -0.05) is 60.5 Å². The van der Waals surface area contributed by atoms with Crippen LogP contribution in [0.3, 0.4) is 0 Å². The van der Waals surface area contributed by atoms with Crippen LogP contribution in [0, 0.1) is 0 Å². The third kappa shape index (κ3) is 4.01. The minimum Gasteiger partial charge on any atom is -0.331 e. The molecule has 1 unspecified atom stereocenters. The number of nitrogens with zero attached hydrogens (tertiary/aromatic N) is 3. The Kier molecular flexibility index (Phi) is 6.31. The van der Waals surface area contributed by atoms with Crippen LogP contribution in [0.4, 0.5) is 0 Å². The zero-order valence-corrected chi connectivity index (χ0v) is 19.1. The number of fused-ring (bicyclic) bond motifs is 1. The van der Waals surface area contributed by atoms with E-state index in [0.717, 1.165) is 0 Å². The average molecular weight is 466 g/mol. The summed E-state index contributed by atoms with van der Waals surface area (Å²) in [6, 6.07) is 20.9. The smallest absolute Gasteiger partial charge is 0.266 e. The quantitative estimate of drug-likeness (QED) is 0.367. The van der Waals surface area contributed by atoms with Crippen LogP contribution in [0.15, 0.2) is 77.6 Å². The summed E-state index contributed by atoms with van der Waals surface area (Å²) in [5.41, 5.74) is 1.44. The molecule has 0 aliphatic heterocycles. The van der Waals surface area contributed by atoms with Crippen LogP contribution in [-0.4, -0.2) is 27.4 Å². The molecule has 32 heavy (non-hydrogen) atoms. The Morgan fingerprint density at radius 3 is 2.41 bits per heavy atom. The van der Waals surface area contributed by atoms with E-state index in [-0.39, 0.29) is 16.5 Å². The number of para-hydroxylation sites is 2. The van der Waals surface area contributed by atoms with Crippen LogP contribution < -0.4 is 5.56 Å². The maximum absolute atomic E-state index is 13.5. The van der Waals surface area contributed by atoms with Crippen molar-refractivity contribution >= 4 is 40.0 Å². The molecule has 1 amide bonds. The lowest BCUT2D eigenvalue weighted by Gasteiger charge is -2.29. The number of hydrogen-bond acceptors (Lipinski definition) is 3. The van der Waals surface area contributed by atoms with Crippen molar-refractivity contribution in [1.29, 1.82) is 0 Å². The van der Waals surface area contributed by atoms with E-state index in [1.807, 2.05) is 49.4 Å². The van der Waals surface area contributed by atoms with E-state index in [9.17, 15) is 9.59 Å². The van der Waals surface area contributed by atoms with Crippen molar-refractivity contribution in [3.8, 4) is 5.69 Å². The molecule has 0 N–H and O–H groups in total. The second-order valence-corrected chi connectivity index (χ2v) is 8.27. The van der Waals surface area contributed by atoms with Gasteiger partial charge in [-0.2, -0.15) is 0 Å². The number of carbonyl (C=O) groups excluding carboxylic acids is 1. The molecule has 3 aromatic carbocycles. The van der Waals surface area contributed by atoms with Crippen LogP contribution >= 0.6 is 23.2 Å². The molecule has 5 nitrogen and oxygen atoms in total. The predicted octanol–water partition coefficient (Wildman–Crippen LogP) is 5.92. The van der Waals surface area contributed by atoms with Crippen molar-refractivity contribution in [2.75, 3.05) is 7.05 Å². The number of aromatic nitrogens is 2. The number of amides is 1. The Bertz CT molecular complexity index is 1350. The monoisotopic (exact) mass is 465 g/mol. The summed E-state index contributed by atoms with van der Waals surface area (Å²) in [6.07, 6.45) is 0.547. The van der Waals surface area contributed by atoms with Gasteiger partial charge in [0.2, 0.25) is 0 Å². The van der Waals surface area contributed by atoms with Gasteiger partial charge in [-0.05, 0) is 48.9 Å². The first kappa shape index (κ1) is 22.1. The average Bonchev–Trinajstić information content (AvgIpc) is 2.80. The molecule has 0 saturated heterocycles. The molecule has 1 aromatic heterocycles. The molecule has 0 aliphatic carbocycles. The van der Waals surface area contributed by atoms with Gasteiger partial charge in [0, 0.05) is 12.1 Å². The van der Waals surface area contributed by atoms with E-state index in [2.05, 4.69) is 0 Å². The fourth-order valence-electron chi connectivity index (χ4n) is 3.82. The second kappa shape index (κ2) is 9.15. The first-order chi connectivity index (χ1) is 15.4. The minimum atomic E-state index is -0.466. The molecule has 0 bridgehead atoms. The fourth-order valence-corrected chi connectivity index (χ4v) is 4.31. The maximum Gasteiger partial charge on any atom is 0.266 e. The molecule has 0 aliphatic rings. The summed E-state index contributed by atoms with van der Waals surface area (Å²) in [5, 5.41) is 1.25. The molecular weight excluding hydrogens is 445 g/mol. The topological polar surface area (TPSA) is 55.2 Å². The van der Waals surface area contributed by atoms with Gasteiger partial charge in [-0.3, -0.25) is 14.2 Å². The molecule has 0 radical (unpaired) electrons. The van der Waals surface area contributed by atoms with E-state index in [1.54, 1.807) is 46.8 Å². The van der Waals surface area contributed by atoms with Gasteiger partial charge in [0.15, 0.2) is 0 Å². The van der Waals surface area contributed by atoms with Gasteiger partial charge in [0.1, 0.15) is 5.82 Å². The van der Waals surface area contributed by atoms with Crippen LogP contribution in [-0.2, 0) is 0 Å². The maximum atomic E-state index is 13.5. The number of rotatable bonds is 5. The lowest BCUT2D eigenvalue weighted by Crippen LogP contribution is -2.36. The highest BCUT2D eigenvalue weighted by Crippen LogP contribution is 2.28. The van der Waals surface area contributed by atoms with Gasteiger partial charge in [-0.25, -0.2) is 4.98 Å². The summed E-state index contributed by atoms with van der Waals surface area (Å²) < 4.78 is 1.59. The van der Waals surface area contributed by atoms with Crippen LogP contribution in [0.1, 0.15) is 35.6 Å². The molecule has 4 rings (SSSR count). The van der Waals surface area contributed by atoms with Gasteiger partial charge < -0.3 is 4.90 Å². The van der Waals surface area contributed by atoms with Gasteiger partial charge in [0.05, 0.1) is 33.2 Å². The standard InChI is InChI=1S/C25H21Cl2N3O2/c1-3-22(29(2)24(31)18-14-13-16(26)15-20(18)27)23-28-21-12-8-7-11-19(21)25(32)30(23)17-9-5-4-6-10-17/h4-15,22H,3H2,1-2H3. The number of carbonyl (C=O) groups is 1. The molecule has 0 fully saturated rings. The normalized spacial score (nSPS) is 12.0. The SMILES string of the molecule is CCC(c1nc2ccccc2c(=O)n1-c1ccccc1)N(C)C(=O)c1ccc(Cl)cc1Cl. The molecule has 1 atom stereocenters. The highest BCUT2D eigenvalue weighted by molar-refractivity contribution is 6.36. The van der Waals surface area contributed by atoms with E-state index < -0.39 is 6.04 Å². The zero-order valence-electron chi connectivity index (χ0n) is 17.6. The van der Waals surface area contributed by atoms with E-state index in [4.69, 9.17) is 28.2 Å². The lowest BCUT2D eigenvalue weighted by molar-refractivity contribution is 0.0717. The first-order valence-corrected chi connectivity index (χ1v) is 11.0. The Labute approximate surface area is 195 Å².